The molecule has 174 valence electrons. The predicted molar refractivity (Wildman–Crippen MR) is 126 cm³/mol. The number of benzene rings is 2. The van der Waals surface area contributed by atoms with E-state index >= 15 is 0 Å². The van der Waals surface area contributed by atoms with Crippen LogP contribution in [0.15, 0.2) is 58.6 Å². The number of hydrogen-bond donors (Lipinski definition) is 2. The van der Waals surface area contributed by atoms with Crippen molar-refractivity contribution in [2.45, 2.75) is 29.8 Å². The summed E-state index contributed by atoms with van der Waals surface area (Å²) in [5.41, 5.74) is 1.77. The van der Waals surface area contributed by atoms with Crippen LogP contribution in [-0.4, -0.2) is 55.0 Å². The SMILES string of the molecule is Cc1nc(SCCNC(=O)COc2ccc(S(=O)(=O)N3CCCc4ccccc43)cc2)n[nH]1. The number of ether oxygens (including phenoxy) is 1. The van der Waals surface area contributed by atoms with E-state index in [0.717, 1.165) is 29.9 Å². The van der Waals surface area contributed by atoms with Crippen LogP contribution in [0.2, 0.25) is 0 Å². The Labute approximate surface area is 197 Å². The lowest BCUT2D eigenvalue weighted by atomic mass is 10.0. The van der Waals surface area contributed by atoms with Crippen molar-refractivity contribution in [2.75, 3.05) is 29.8 Å². The molecule has 4 rings (SSSR count). The maximum atomic E-state index is 13.2. The normalized spacial score (nSPS) is 13.4. The van der Waals surface area contributed by atoms with Crippen molar-refractivity contribution in [2.24, 2.45) is 0 Å². The molecule has 2 N–H and O–H groups in total. The van der Waals surface area contributed by atoms with Crippen LogP contribution in [0.5, 0.6) is 5.75 Å². The molecule has 1 aliphatic rings. The molecule has 1 aromatic heterocycles. The van der Waals surface area contributed by atoms with E-state index in [0.29, 0.717) is 29.7 Å². The Kier molecular flexibility index (Phi) is 7.19. The molecule has 3 aromatic rings. The van der Waals surface area contributed by atoms with Crippen molar-refractivity contribution in [1.82, 2.24) is 20.5 Å². The number of aromatic nitrogens is 3. The van der Waals surface area contributed by atoms with E-state index in [4.69, 9.17) is 4.74 Å². The number of sulfonamides is 1. The van der Waals surface area contributed by atoms with Gasteiger partial charge in [-0.3, -0.25) is 14.2 Å². The maximum Gasteiger partial charge on any atom is 0.264 e. The van der Waals surface area contributed by atoms with Crippen molar-refractivity contribution >= 4 is 33.4 Å². The Morgan fingerprint density at radius 1 is 1.21 bits per heavy atom. The second-order valence-electron chi connectivity index (χ2n) is 7.47. The quantitative estimate of drug-likeness (QED) is 0.352. The van der Waals surface area contributed by atoms with E-state index in [-0.39, 0.29) is 17.4 Å². The van der Waals surface area contributed by atoms with Gasteiger partial charge in [-0.25, -0.2) is 13.4 Å². The molecule has 0 unspecified atom stereocenters. The zero-order chi connectivity index (χ0) is 23.3. The molecule has 1 amide bonds. The van der Waals surface area contributed by atoms with Gasteiger partial charge < -0.3 is 10.1 Å². The highest BCUT2D eigenvalue weighted by atomic mass is 32.2. The van der Waals surface area contributed by atoms with Gasteiger partial charge in [0.05, 0.1) is 10.6 Å². The number of amides is 1. The summed E-state index contributed by atoms with van der Waals surface area (Å²) in [7, 11) is -3.68. The summed E-state index contributed by atoms with van der Waals surface area (Å²) >= 11 is 1.44. The van der Waals surface area contributed by atoms with Crippen LogP contribution >= 0.6 is 11.8 Å². The zero-order valence-corrected chi connectivity index (χ0v) is 19.8. The molecule has 0 spiro atoms. The first-order valence-corrected chi connectivity index (χ1v) is 13.0. The fourth-order valence-electron chi connectivity index (χ4n) is 3.50. The summed E-state index contributed by atoms with van der Waals surface area (Å²) in [6.07, 6.45) is 1.65. The highest BCUT2D eigenvalue weighted by Crippen LogP contribution is 2.32. The highest BCUT2D eigenvalue weighted by molar-refractivity contribution is 7.99. The van der Waals surface area contributed by atoms with Crippen molar-refractivity contribution in [3.05, 3.63) is 59.9 Å². The summed E-state index contributed by atoms with van der Waals surface area (Å²) in [5, 5.41) is 10.2. The number of nitrogens with zero attached hydrogens (tertiary/aromatic N) is 3. The largest absolute Gasteiger partial charge is 0.484 e. The number of nitrogens with one attached hydrogen (secondary N) is 2. The van der Waals surface area contributed by atoms with Crippen LogP contribution in [0.3, 0.4) is 0 Å². The van der Waals surface area contributed by atoms with Gasteiger partial charge in [-0.15, -0.1) is 5.10 Å². The van der Waals surface area contributed by atoms with Crippen LogP contribution in [0.25, 0.3) is 0 Å². The third-order valence-corrected chi connectivity index (χ3v) is 7.76. The summed E-state index contributed by atoms with van der Waals surface area (Å²) in [6, 6.07) is 13.7. The van der Waals surface area contributed by atoms with Crippen molar-refractivity contribution < 1.29 is 17.9 Å². The first kappa shape index (κ1) is 23.1. The van der Waals surface area contributed by atoms with Gasteiger partial charge in [0.25, 0.3) is 15.9 Å². The maximum absolute atomic E-state index is 13.2. The van der Waals surface area contributed by atoms with Crippen LogP contribution in [0, 0.1) is 6.92 Å². The number of carbonyl (C=O) groups is 1. The Balaban J connectivity index is 1.28. The van der Waals surface area contributed by atoms with Crippen LogP contribution < -0.4 is 14.4 Å². The van der Waals surface area contributed by atoms with Crippen LogP contribution in [0.1, 0.15) is 17.8 Å². The second-order valence-corrected chi connectivity index (χ2v) is 10.4. The molecule has 11 heteroatoms. The molecule has 0 radical (unpaired) electrons. The number of hydrogen-bond acceptors (Lipinski definition) is 7. The number of para-hydroxylation sites is 1. The van der Waals surface area contributed by atoms with Gasteiger partial charge >= 0.3 is 0 Å². The Morgan fingerprint density at radius 2 is 2.00 bits per heavy atom. The lowest BCUT2D eigenvalue weighted by molar-refractivity contribution is -0.122. The fourth-order valence-corrected chi connectivity index (χ4v) is 5.74. The van der Waals surface area contributed by atoms with Gasteiger partial charge in [0.15, 0.2) is 6.61 Å². The number of fused-ring (bicyclic) bond motifs is 1. The van der Waals surface area contributed by atoms with Gasteiger partial charge in [-0.1, -0.05) is 30.0 Å². The predicted octanol–water partition coefficient (Wildman–Crippen LogP) is 2.54. The first-order chi connectivity index (χ1) is 15.9. The number of thioether (sulfide) groups is 1. The molecule has 0 bridgehead atoms. The number of aryl methyl sites for hydroxylation is 2. The Morgan fingerprint density at radius 3 is 2.76 bits per heavy atom. The van der Waals surface area contributed by atoms with Gasteiger partial charge in [0.1, 0.15) is 11.6 Å². The summed E-state index contributed by atoms with van der Waals surface area (Å²) in [4.78, 5) is 16.4. The standard InChI is InChI=1S/C22H25N5O4S2/c1-16-24-22(26-25-16)32-14-12-23-21(28)15-31-18-8-10-19(11-9-18)33(29,30)27-13-4-6-17-5-2-3-7-20(17)27/h2-3,5,7-11H,4,6,12-15H2,1H3,(H,23,28)(H,24,25,26). The first-order valence-electron chi connectivity index (χ1n) is 10.6. The summed E-state index contributed by atoms with van der Waals surface area (Å²) in [6.45, 7) is 2.57. The second kappa shape index (κ2) is 10.3. The molecule has 0 saturated heterocycles. The van der Waals surface area contributed by atoms with E-state index in [1.165, 1.54) is 28.2 Å². The Hall–Kier alpha value is -3.05. The third kappa shape index (κ3) is 5.66. The minimum atomic E-state index is -3.68. The summed E-state index contributed by atoms with van der Waals surface area (Å²) in [5.74, 6) is 1.54. The van der Waals surface area contributed by atoms with Gasteiger partial charge in [0.2, 0.25) is 5.16 Å². The molecule has 9 nitrogen and oxygen atoms in total. The molecule has 0 fully saturated rings. The monoisotopic (exact) mass is 487 g/mol. The average molecular weight is 488 g/mol. The van der Waals surface area contributed by atoms with Crippen molar-refractivity contribution in [3.8, 4) is 5.75 Å². The fraction of sp³-hybridized carbons (Fsp3) is 0.318. The minimum Gasteiger partial charge on any atom is -0.484 e. The molecule has 2 heterocycles. The highest BCUT2D eigenvalue weighted by Gasteiger charge is 2.28. The van der Waals surface area contributed by atoms with E-state index < -0.39 is 10.0 Å². The number of aromatic amines is 1. The molecule has 33 heavy (non-hydrogen) atoms. The van der Waals surface area contributed by atoms with Gasteiger partial charge in [-0.05, 0) is 55.7 Å². The lowest BCUT2D eigenvalue weighted by Crippen LogP contribution is -2.35. The number of H-pyrrole nitrogens is 1. The molecular formula is C22H25N5O4S2. The van der Waals surface area contributed by atoms with E-state index in [2.05, 4.69) is 20.5 Å². The molecule has 2 aromatic carbocycles. The lowest BCUT2D eigenvalue weighted by Gasteiger charge is -2.30. The topological polar surface area (TPSA) is 117 Å². The Bertz CT molecular complexity index is 1210. The third-order valence-electron chi connectivity index (χ3n) is 5.08. The minimum absolute atomic E-state index is 0.157. The van der Waals surface area contributed by atoms with Crippen LogP contribution in [-0.2, 0) is 21.2 Å². The molecule has 0 saturated carbocycles. The van der Waals surface area contributed by atoms with E-state index in [1.54, 1.807) is 12.1 Å². The van der Waals surface area contributed by atoms with Gasteiger partial charge in [-0.2, -0.15) is 0 Å². The summed E-state index contributed by atoms with van der Waals surface area (Å²) < 4.78 is 33.3. The molecule has 0 atom stereocenters. The zero-order valence-electron chi connectivity index (χ0n) is 18.2. The molecule has 1 aliphatic heterocycles. The molecule has 0 aliphatic carbocycles. The number of carbonyl (C=O) groups excluding carboxylic acids is 1. The number of rotatable bonds is 9. The van der Waals surface area contributed by atoms with Gasteiger partial charge in [0, 0.05) is 18.8 Å². The molecular weight excluding hydrogens is 462 g/mol. The smallest absolute Gasteiger partial charge is 0.264 e. The average Bonchev–Trinajstić information content (AvgIpc) is 3.25. The van der Waals surface area contributed by atoms with E-state index in [1.807, 2.05) is 31.2 Å². The number of anilines is 1. The van der Waals surface area contributed by atoms with E-state index in [9.17, 15) is 13.2 Å². The van der Waals surface area contributed by atoms with Crippen molar-refractivity contribution in [1.29, 1.82) is 0 Å². The van der Waals surface area contributed by atoms with Crippen LogP contribution in [0.4, 0.5) is 5.69 Å². The van der Waals surface area contributed by atoms with Crippen molar-refractivity contribution in [3.63, 3.8) is 0 Å².